The van der Waals surface area contributed by atoms with Gasteiger partial charge in [-0.2, -0.15) is 0 Å². The van der Waals surface area contributed by atoms with Crippen molar-refractivity contribution < 1.29 is 9.59 Å². The second kappa shape index (κ2) is 6.60. The number of nitrogens with one attached hydrogen (secondary N) is 2. The van der Waals surface area contributed by atoms with Crippen molar-refractivity contribution in [1.82, 2.24) is 15.5 Å². The van der Waals surface area contributed by atoms with Gasteiger partial charge in [0.15, 0.2) is 0 Å². The fraction of sp³-hybridized carbons (Fsp3) is 0.818. The number of carbonyl (C=O) groups is 2. The van der Waals surface area contributed by atoms with E-state index in [1.54, 1.807) is 0 Å². The average molecular weight is 227 g/mol. The third-order valence-electron chi connectivity index (χ3n) is 2.90. The van der Waals surface area contributed by atoms with Crippen molar-refractivity contribution in [3.63, 3.8) is 0 Å². The number of nitrogens with zero attached hydrogens (tertiary/aromatic N) is 1. The van der Waals surface area contributed by atoms with E-state index in [2.05, 4.69) is 29.4 Å². The van der Waals surface area contributed by atoms with Gasteiger partial charge < -0.3 is 10.2 Å². The number of carbonyl (C=O) groups excluding carboxylic acids is 2. The molecule has 1 saturated heterocycles. The summed E-state index contributed by atoms with van der Waals surface area (Å²) in [7, 11) is 0. The van der Waals surface area contributed by atoms with Crippen molar-refractivity contribution in [2.45, 2.75) is 32.7 Å². The molecule has 1 heterocycles. The van der Waals surface area contributed by atoms with E-state index in [4.69, 9.17) is 0 Å². The number of hydrogen-bond donors (Lipinski definition) is 2. The van der Waals surface area contributed by atoms with Gasteiger partial charge in [0.2, 0.25) is 11.8 Å². The van der Waals surface area contributed by atoms with Crippen LogP contribution in [0.5, 0.6) is 0 Å². The van der Waals surface area contributed by atoms with Crippen LogP contribution < -0.4 is 10.6 Å². The van der Waals surface area contributed by atoms with Crippen LogP contribution in [0.3, 0.4) is 0 Å². The summed E-state index contributed by atoms with van der Waals surface area (Å²) in [6, 6.07) is -0.316. The fourth-order valence-electron chi connectivity index (χ4n) is 1.84. The van der Waals surface area contributed by atoms with Gasteiger partial charge in [-0.25, -0.2) is 0 Å². The summed E-state index contributed by atoms with van der Waals surface area (Å²) < 4.78 is 0. The zero-order valence-electron chi connectivity index (χ0n) is 10.1. The normalized spacial score (nSPS) is 20.6. The number of hydrogen-bond acceptors (Lipinski definition) is 4. The summed E-state index contributed by atoms with van der Waals surface area (Å²) in [5, 5.41) is 5.39. The fourth-order valence-corrected chi connectivity index (χ4v) is 1.84. The summed E-state index contributed by atoms with van der Waals surface area (Å²) in [5.41, 5.74) is 0. The van der Waals surface area contributed by atoms with Gasteiger partial charge in [0.05, 0.1) is 12.5 Å². The lowest BCUT2D eigenvalue weighted by molar-refractivity contribution is -0.125. The van der Waals surface area contributed by atoms with E-state index in [1.165, 1.54) is 0 Å². The number of imide groups is 1. The van der Waals surface area contributed by atoms with Gasteiger partial charge in [-0.3, -0.25) is 14.9 Å². The zero-order chi connectivity index (χ0) is 12.0. The molecule has 5 heteroatoms. The molecule has 2 amide bonds. The Morgan fingerprint density at radius 1 is 1.38 bits per heavy atom. The van der Waals surface area contributed by atoms with Crippen LogP contribution in [0.4, 0.5) is 0 Å². The lowest BCUT2D eigenvalue weighted by atomic mass is 10.2. The summed E-state index contributed by atoms with van der Waals surface area (Å²) in [6.07, 6.45) is 1.28. The smallest absolute Gasteiger partial charge is 0.244 e. The second-order valence-corrected chi connectivity index (χ2v) is 4.00. The molecular weight excluding hydrogens is 206 g/mol. The molecule has 0 bridgehead atoms. The predicted molar refractivity (Wildman–Crippen MR) is 62.0 cm³/mol. The molecule has 1 aliphatic heterocycles. The topological polar surface area (TPSA) is 61.4 Å². The first kappa shape index (κ1) is 13.1. The summed E-state index contributed by atoms with van der Waals surface area (Å²) >= 11 is 0. The first-order chi connectivity index (χ1) is 7.67. The zero-order valence-corrected chi connectivity index (χ0v) is 10.1. The SMILES string of the molecule is CCN(CC)CCCNC1CC(=O)NC1=O. The third kappa shape index (κ3) is 3.90. The van der Waals surface area contributed by atoms with Crippen LogP contribution in [0.25, 0.3) is 0 Å². The van der Waals surface area contributed by atoms with Gasteiger partial charge in [-0.15, -0.1) is 0 Å². The highest BCUT2D eigenvalue weighted by Gasteiger charge is 2.29. The van der Waals surface area contributed by atoms with Crippen molar-refractivity contribution in [1.29, 1.82) is 0 Å². The van der Waals surface area contributed by atoms with E-state index in [0.717, 1.165) is 32.6 Å². The van der Waals surface area contributed by atoms with Crippen molar-refractivity contribution in [2.24, 2.45) is 0 Å². The summed E-state index contributed by atoms with van der Waals surface area (Å²) in [4.78, 5) is 24.5. The molecule has 1 aliphatic rings. The maximum absolute atomic E-state index is 11.2. The Bertz CT molecular complexity index is 252. The van der Waals surface area contributed by atoms with Crippen molar-refractivity contribution >= 4 is 11.8 Å². The van der Waals surface area contributed by atoms with Crippen LogP contribution in [0, 0.1) is 0 Å². The van der Waals surface area contributed by atoms with Crippen LogP contribution in [-0.2, 0) is 9.59 Å². The Kier molecular flexibility index (Phi) is 5.42. The van der Waals surface area contributed by atoms with Crippen LogP contribution >= 0.6 is 0 Å². The van der Waals surface area contributed by atoms with E-state index in [9.17, 15) is 9.59 Å². The van der Waals surface area contributed by atoms with Crippen molar-refractivity contribution in [3.05, 3.63) is 0 Å². The molecule has 1 fully saturated rings. The molecule has 0 spiro atoms. The predicted octanol–water partition coefficient (Wildman–Crippen LogP) is -0.277. The molecule has 0 aromatic heterocycles. The van der Waals surface area contributed by atoms with E-state index in [1.807, 2.05) is 0 Å². The van der Waals surface area contributed by atoms with Gasteiger partial charge in [0.1, 0.15) is 0 Å². The molecule has 92 valence electrons. The van der Waals surface area contributed by atoms with Gasteiger partial charge in [-0.1, -0.05) is 13.8 Å². The summed E-state index contributed by atoms with van der Waals surface area (Å²) in [6.45, 7) is 8.20. The van der Waals surface area contributed by atoms with Gasteiger partial charge in [0.25, 0.3) is 0 Å². The Balaban J connectivity index is 2.11. The largest absolute Gasteiger partial charge is 0.305 e. The minimum absolute atomic E-state index is 0.175. The molecule has 0 aromatic rings. The highest BCUT2D eigenvalue weighted by molar-refractivity contribution is 6.05. The van der Waals surface area contributed by atoms with E-state index in [-0.39, 0.29) is 24.3 Å². The quantitative estimate of drug-likeness (QED) is 0.464. The van der Waals surface area contributed by atoms with E-state index in [0.29, 0.717) is 0 Å². The molecule has 2 N–H and O–H groups in total. The molecule has 0 aromatic carbocycles. The minimum atomic E-state index is -0.316. The van der Waals surface area contributed by atoms with Crippen molar-refractivity contribution in [2.75, 3.05) is 26.2 Å². The molecule has 0 saturated carbocycles. The first-order valence-corrected chi connectivity index (χ1v) is 5.96. The number of amides is 2. The molecule has 1 unspecified atom stereocenters. The maximum Gasteiger partial charge on any atom is 0.244 e. The first-order valence-electron chi connectivity index (χ1n) is 5.96. The molecule has 5 nitrogen and oxygen atoms in total. The highest BCUT2D eigenvalue weighted by Crippen LogP contribution is 2.01. The lowest BCUT2D eigenvalue weighted by Crippen LogP contribution is -2.37. The molecule has 0 aliphatic carbocycles. The standard InChI is InChI=1S/C11H21N3O2/c1-3-14(4-2)7-5-6-12-9-8-10(15)13-11(9)16/h9,12H,3-8H2,1-2H3,(H,13,15,16). The van der Waals surface area contributed by atoms with Crippen LogP contribution in [0.2, 0.25) is 0 Å². The van der Waals surface area contributed by atoms with Gasteiger partial charge in [0, 0.05) is 0 Å². The highest BCUT2D eigenvalue weighted by atomic mass is 16.2. The summed E-state index contributed by atoms with van der Waals surface area (Å²) in [5.74, 6) is -0.362. The van der Waals surface area contributed by atoms with Gasteiger partial charge in [-0.05, 0) is 32.6 Å². The van der Waals surface area contributed by atoms with E-state index < -0.39 is 0 Å². The molecule has 1 rings (SSSR count). The Morgan fingerprint density at radius 2 is 2.06 bits per heavy atom. The monoisotopic (exact) mass is 227 g/mol. The van der Waals surface area contributed by atoms with Crippen LogP contribution in [0.1, 0.15) is 26.7 Å². The molecule has 0 radical (unpaired) electrons. The lowest BCUT2D eigenvalue weighted by Gasteiger charge is -2.18. The van der Waals surface area contributed by atoms with E-state index >= 15 is 0 Å². The third-order valence-corrected chi connectivity index (χ3v) is 2.90. The number of rotatable bonds is 7. The molecule has 16 heavy (non-hydrogen) atoms. The van der Waals surface area contributed by atoms with Crippen LogP contribution in [0.15, 0.2) is 0 Å². The minimum Gasteiger partial charge on any atom is -0.305 e. The second-order valence-electron chi connectivity index (χ2n) is 4.00. The Labute approximate surface area is 96.6 Å². The van der Waals surface area contributed by atoms with Crippen molar-refractivity contribution in [3.8, 4) is 0 Å². The Morgan fingerprint density at radius 3 is 2.56 bits per heavy atom. The van der Waals surface area contributed by atoms with Gasteiger partial charge >= 0.3 is 0 Å². The molecule has 1 atom stereocenters. The Hall–Kier alpha value is -0.940. The maximum atomic E-state index is 11.2. The average Bonchev–Trinajstić information content (AvgIpc) is 2.58. The molecular formula is C11H21N3O2. The van der Waals surface area contributed by atoms with Crippen LogP contribution in [-0.4, -0.2) is 48.9 Å².